The number of rotatable bonds is 1. The zero-order chi connectivity index (χ0) is 5.78. The molecule has 8 heavy (non-hydrogen) atoms. The van der Waals surface area contributed by atoms with Crippen LogP contribution in [0.5, 0.6) is 0 Å². The van der Waals surface area contributed by atoms with Gasteiger partial charge in [-0.25, -0.2) is 0 Å². The maximum absolute atomic E-state index is 10.7. The number of thioether (sulfide) groups is 1. The number of hydrogen-bond acceptors (Lipinski definition) is 3. The summed E-state index contributed by atoms with van der Waals surface area (Å²) in [7, 11) is 0. The summed E-state index contributed by atoms with van der Waals surface area (Å²) in [6.45, 7) is 1.60. The fourth-order valence-corrected chi connectivity index (χ4v) is 1.88. The van der Waals surface area contributed by atoms with Crippen molar-refractivity contribution in [2.24, 2.45) is 4.99 Å². The lowest BCUT2D eigenvalue weighted by molar-refractivity contribution is -0.118. The Balaban J connectivity index is 2.30. The van der Waals surface area contributed by atoms with Crippen molar-refractivity contribution in [2.75, 3.05) is 0 Å². The quantitative estimate of drug-likeness (QED) is 0.479. The maximum atomic E-state index is 10.7. The highest BCUT2D eigenvalue weighted by Crippen LogP contribution is 2.59. The third kappa shape index (κ3) is 0.292. The molecule has 0 aromatic rings. The third-order valence-electron chi connectivity index (χ3n) is 1.54. The maximum Gasteiger partial charge on any atom is 0.181 e. The molecule has 0 amide bonds. The molecule has 42 valence electrons. The Labute approximate surface area is 51.4 Å². The van der Waals surface area contributed by atoms with Crippen LogP contribution in [0.15, 0.2) is 4.99 Å². The number of carbonyl (C=O) groups is 1. The van der Waals surface area contributed by atoms with Crippen molar-refractivity contribution in [1.82, 2.24) is 0 Å². The zero-order valence-electron chi connectivity index (χ0n) is 4.42. The molecule has 0 spiro atoms. The molecule has 2 nitrogen and oxygen atoms in total. The topological polar surface area (TPSA) is 29.4 Å². The Morgan fingerprint density at radius 1 is 2.00 bits per heavy atom. The molecule has 0 bridgehead atoms. The van der Waals surface area contributed by atoms with Gasteiger partial charge in [0.15, 0.2) is 10.7 Å². The summed E-state index contributed by atoms with van der Waals surface area (Å²) in [5, 5.41) is 0.444. The predicted octanol–water partition coefficient (Wildman–Crippen LogP) is 0.471. The molecule has 2 unspecified atom stereocenters. The molecule has 0 N–H and O–H groups in total. The summed E-state index contributed by atoms with van der Waals surface area (Å²) in [5.74, 6) is 0.204. The van der Waals surface area contributed by atoms with E-state index in [1.807, 2.05) is 6.21 Å². The van der Waals surface area contributed by atoms with E-state index in [0.717, 1.165) is 0 Å². The molecule has 1 fully saturated rings. The molecule has 0 aromatic heterocycles. The van der Waals surface area contributed by atoms with Crippen molar-refractivity contribution in [3.63, 3.8) is 0 Å². The second-order valence-electron chi connectivity index (χ2n) is 2.07. The molecule has 0 saturated carbocycles. The minimum Gasteiger partial charge on any atom is -0.296 e. The van der Waals surface area contributed by atoms with Crippen LogP contribution in [-0.2, 0) is 4.79 Å². The van der Waals surface area contributed by atoms with E-state index in [4.69, 9.17) is 0 Å². The minimum absolute atomic E-state index is 0.204. The van der Waals surface area contributed by atoms with Crippen LogP contribution in [0.4, 0.5) is 0 Å². The molecule has 2 heterocycles. The van der Waals surface area contributed by atoms with Gasteiger partial charge in [0.1, 0.15) is 0 Å². The number of nitrogens with zero attached hydrogens (tertiary/aromatic N) is 1. The van der Waals surface area contributed by atoms with Crippen molar-refractivity contribution >= 4 is 23.8 Å². The van der Waals surface area contributed by atoms with E-state index in [0.29, 0.717) is 5.25 Å². The van der Waals surface area contributed by atoms with Gasteiger partial charge in [-0.15, -0.1) is 11.8 Å². The van der Waals surface area contributed by atoms with E-state index in [1.54, 1.807) is 18.7 Å². The minimum atomic E-state index is -0.264. The third-order valence-corrected chi connectivity index (χ3v) is 3.01. The van der Waals surface area contributed by atoms with Crippen LogP contribution in [-0.4, -0.2) is 22.1 Å². The Morgan fingerprint density at radius 3 is 2.75 bits per heavy atom. The van der Waals surface area contributed by atoms with E-state index in [9.17, 15) is 4.79 Å². The first kappa shape index (κ1) is 4.56. The summed E-state index contributed by atoms with van der Waals surface area (Å²) in [6.07, 6.45) is 1.84. The van der Waals surface area contributed by atoms with Gasteiger partial charge in [-0.1, -0.05) is 0 Å². The number of Topliss-reactive ketones (excluding diaryl/α,β-unsaturated/α-hetero) is 1. The van der Waals surface area contributed by atoms with Gasteiger partial charge in [0, 0.05) is 6.21 Å². The zero-order valence-corrected chi connectivity index (χ0v) is 5.23. The van der Waals surface area contributed by atoms with Crippen molar-refractivity contribution in [3.05, 3.63) is 0 Å². The van der Waals surface area contributed by atoms with Crippen LogP contribution in [0.2, 0.25) is 0 Å². The molecule has 2 aliphatic rings. The largest absolute Gasteiger partial charge is 0.296 e. The van der Waals surface area contributed by atoms with Crippen molar-refractivity contribution in [2.45, 2.75) is 17.0 Å². The van der Waals surface area contributed by atoms with Crippen LogP contribution in [0, 0.1) is 0 Å². The average Bonchev–Trinajstić information content (AvgIpc) is 2.10. The summed E-state index contributed by atoms with van der Waals surface area (Å²) >= 11 is 1.64. The number of ketones is 1. The van der Waals surface area contributed by atoms with Gasteiger partial charge in [0.2, 0.25) is 0 Å². The lowest BCUT2D eigenvalue weighted by Crippen LogP contribution is -2.29. The van der Waals surface area contributed by atoms with E-state index in [1.165, 1.54) is 0 Å². The van der Waals surface area contributed by atoms with Gasteiger partial charge in [-0.2, -0.15) is 0 Å². The lowest BCUT2D eigenvalue weighted by atomic mass is 10.1. The van der Waals surface area contributed by atoms with Gasteiger partial charge in [-0.05, 0) is 6.92 Å². The molecular formula is C5H5NOS. The van der Waals surface area contributed by atoms with Gasteiger partial charge >= 0.3 is 0 Å². The summed E-state index contributed by atoms with van der Waals surface area (Å²) in [6, 6.07) is 0. The first-order valence-corrected chi connectivity index (χ1v) is 3.38. The molecule has 0 radical (unpaired) electrons. The summed E-state index contributed by atoms with van der Waals surface area (Å²) < 4.78 is 0. The fraction of sp³-hybridized carbons (Fsp3) is 0.600. The number of hydrogen-bond donors (Lipinski definition) is 0. The van der Waals surface area contributed by atoms with Crippen LogP contribution in [0.25, 0.3) is 0 Å². The second kappa shape index (κ2) is 1.00. The van der Waals surface area contributed by atoms with Crippen molar-refractivity contribution in [1.29, 1.82) is 0 Å². The van der Waals surface area contributed by atoms with E-state index >= 15 is 0 Å². The standard InChI is InChI=1S/C5H5NOS/c1-3(7)5-4(8-5)2-6-5/h2,4H,1H3. The molecule has 0 aliphatic carbocycles. The van der Waals surface area contributed by atoms with E-state index in [2.05, 4.69) is 4.99 Å². The predicted molar refractivity (Wildman–Crippen MR) is 33.3 cm³/mol. The smallest absolute Gasteiger partial charge is 0.181 e. The highest BCUT2D eigenvalue weighted by molar-refractivity contribution is 8.10. The number of aliphatic imine (C=N–C) groups is 1. The van der Waals surface area contributed by atoms with Crippen LogP contribution in [0.3, 0.4) is 0 Å². The Bertz CT molecular complexity index is 189. The number of fused-ring (bicyclic) bond motifs is 1. The van der Waals surface area contributed by atoms with Crippen LogP contribution < -0.4 is 0 Å². The Kier molecular flexibility index (Phi) is 0.572. The van der Waals surface area contributed by atoms with Gasteiger partial charge in [-0.3, -0.25) is 9.79 Å². The van der Waals surface area contributed by atoms with Crippen molar-refractivity contribution < 1.29 is 4.79 Å². The van der Waals surface area contributed by atoms with Gasteiger partial charge < -0.3 is 0 Å². The van der Waals surface area contributed by atoms with E-state index in [-0.39, 0.29) is 10.7 Å². The SMILES string of the molecule is CC(=O)C12N=CC1S2. The normalized spacial score (nSPS) is 47.4. The van der Waals surface area contributed by atoms with Crippen LogP contribution in [0.1, 0.15) is 6.92 Å². The summed E-state index contributed by atoms with van der Waals surface area (Å²) in [5.41, 5.74) is 0. The second-order valence-corrected chi connectivity index (χ2v) is 3.44. The molecule has 2 aliphatic heterocycles. The molecule has 2 rings (SSSR count). The molecule has 3 heteroatoms. The van der Waals surface area contributed by atoms with Gasteiger partial charge in [0.05, 0.1) is 5.25 Å². The molecule has 1 saturated heterocycles. The van der Waals surface area contributed by atoms with Gasteiger partial charge in [0.25, 0.3) is 0 Å². The first-order valence-electron chi connectivity index (χ1n) is 2.50. The lowest BCUT2D eigenvalue weighted by Gasteiger charge is -2.08. The monoisotopic (exact) mass is 127 g/mol. The summed E-state index contributed by atoms with van der Waals surface area (Å²) in [4.78, 5) is 14.4. The van der Waals surface area contributed by atoms with Crippen LogP contribution >= 0.6 is 11.8 Å². The van der Waals surface area contributed by atoms with E-state index < -0.39 is 0 Å². The molecule has 0 aromatic carbocycles. The number of carbonyl (C=O) groups excluding carboxylic acids is 1. The molecule has 2 atom stereocenters. The Hall–Kier alpha value is -0.310. The fourth-order valence-electron chi connectivity index (χ4n) is 0.865. The van der Waals surface area contributed by atoms with Crippen molar-refractivity contribution in [3.8, 4) is 0 Å². The Morgan fingerprint density at radius 2 is 2.75 bits per heavy atom. The molecular weight excluding hydrogens is 122 g/mol. The average molecular weight is 127 g/mol. The highest BCUT2D eigenvalue weighted by atomic mass is 32.2. The first-order chi connectivity index (χ1) is 3.76. The highest BCUT2D eigenvalue weighted by Gasteiger charge is 2.64.